The fourth-order valence-electron chi connectivity index (χ4n) is 2.68. The molecule has 1 atom stereocenters. The molecule has 0 saturated carbocycles. The number of benzene rings is 1. The van der Waals surface area contributed by atoms with Crippen molar-refractivity contribution in [2.75, 3.05) is 31.3 Å². The van der Waals surface area contributed by atoms with Crippen molar-refractivity contribution >= 4 is 17.4 Å². The van der Waals surface area contributed by atoms with Gasteiger partial charge in [0.05, 0.1) is 17.9 Å². The molecule has 1 aromatic carbocycles. The first-order valence-corrected chi connectivity index (χ1v) is 8.26. The summed E-state index contributed by atoms with van der Waals surface area (Å²) in [7, 11) is 3.59. The van der Waals surface area contributed by atoms with Gasteiger partial charge in [-0.25, -0.2) is 9.97 Å². The molecule has 0 fully saturated rings. The van der Waals surface area contributed by atoms with Crippen LogP contribution in [0.15, 0.2) is 55.1 Å². The average molecular weight is 351 g/mol. The second kappa shape index (κ2) is 8.21. The fraction of sp³-hybridized carbons (Fsp3) is 0.222. The first-order chi connectivity index (χ1) is 12.7. The second-order valence-corrected chi connectivity index (χ2v) is 5.65. The lowest BCUT2D eigenvalue weighted by molar-refractivity contribution is 0.102. The Bertz CT molecular complexity index is 863. The summed E-state index contributed by atoms with van der Waals surface area (Å²) < 4.78 is 1.83. The van der Waals surface area contributed by atoms with Crippen LogP contribution in [0.5, 0.6) is 0 Å². The number of nitrogens with zero attached hydrogens (tertiary/aromatic N) is 4. The largest absolute Gasteiger partial charge is 0.371 e. The zero-order valence-electron chi connectivity index (χ0n) is 14.7. The molecule has 3 N–H and O–H groups in total. The van der Waals surface area contributed by atoms with Crippen LogP contribution in [0, 0.1) is 0 Å². The minimum atomic E-state index is -0.341. The zero-order valence-corrected chi connectivity index (χ0v) is 14.7. The highest BCUT2D eigenvalue weighted by molar-refractivity contribution is 6.05. The Balaban J connectivity index is 1.79. The molecule has 1 amide bonds. The Hall–Kier alpha value is -3.26. The number of amides is 1. The van der Waals surface area contributed by atoms with E-state index in [1.807, 2.05) is 36.1 Å². The van der Waals surface area contributed by atoms with Gasteiger partial charge in [-0.3, -0.25) is 9.48 Å². The topological polar surface area (TPSA) is 96.8 Å². The van der Waals surface area contributed by atoms with Crippen LogP contribution in [-0.4, -0.2) is 46.3 Å². The van der Waals surface area contributed by atoms with E-state index in [-0.39, 0.29) is 17.6 Å². The molecular weight excluding hydrogens is 330 g/mol. The number of rotatable bonds is 7. The van der Waals surface area contributed by atoms with Gasteiger partial charge in [-0.05, 0) is 12.6 Å². The number of hydrogen-bond acceptors (Lipinski definition) is 6. The van der Waals surface area contributed by atoms with Crippen molar-refractivity contribution < 1.29 is 4.79 Å². The maximum Gasteiger partial charge on any atom is 0.278 e. The van der Waals surface area contributed by atoms with Crippen LogP contribution in [-0.2, 0) is 0 Å². The van der Waals surface area contributed by atoms with E-state index >= 15 is 0 Å². The van der Waals surface area contributed by atoms with E-state index in [0.717, 1.165) is 5.56 Å². The van der Waals surface area contributed by atoms with Gasteiger partial charge < -0.3 is 16.0 Å². The molecule has 2 heterocycles. The van der Waals surface area contributed by atoms with Crippen LogP contribution in [0.3, 0.4) is 0 Å². The summed E-state index contributed by atoms with van der Waals surface area (Å²) in [6.07, 6.45) is 6.45. The summed E-state index contributed by atoms with van der Waals surface area (Å²) >= 11 is 0. The first kappa shape index (κ1) is 17.6. The molecule has 0 aliphatic carbocycles. The molecule has 0 radical (unpaired) electrons. The maximum atomic E-state index is 12.5. The van der Waals surface area contributed by atoms with Crippen molar-refractivity contribution in [3.05, 3.63) is 66.4 Å². The third-order valence-corrected chi connectivity index (χ3v) is 3.91. The van der Waals surface area contributed by atoms with Gasteiger partial charge in [0.2, 0.25) is 0 Å². The number of likely N-dealkylation sites (N-methyl/N-ethyl adjacent to an activating group) is 1. The number of anilines is 2. The van der Waals surface area contributed by atoms with Crippen molar-refractivity contribution in [1.29, 1.82) is 0 Å². The highest BCUT2D eigenvalue weighted by Gasteiger charge is 2.17. The molecular formula is C18H21N7O. The highest BCUT2D eigenvalue weighted by atomic mass is 16.1. The van der Waals surface area contributed by atoms with Crippen molar-refractivity contribution in [1.82, 2.24) is 25.1 Å². The van der Waals surface area contributed by atoms with Crippen LogP contribution < -0.4 is 16.0 Å². The molecule has 0 bridgehead atoms. The maximum absolute atomic E-state index is 12.5. The van der Waals surface area contributed by atoms with E-state index in [1.54, 1.807) is 13.2 Å². The molecule has 134 valence electrons. The van der Waals surface area contributed by atoms with Crippen LogP contribution in [0.2, 0.25) is 0 Å². The van der Waals surface area contributed by atoms with Gasteiger partial charge in [0.1, 0.15) is 0 Å². The van der Waals surface area contributed by atoms with Crippen molar-refractivity contribution in [2.45, 2.75) is 6.04 Å². The van der Waals surface area contributed by atoms with Gasteiger partial charge in [0.15, 0.2) is 11.5 Å². The normalized spacial score (nSPS) is 11.8. The Morgan fingerprint density at radius 1 is 1.15 bits per heavy atom. The molecule has 0 aliphatic heterocycles. The Morgan fingerprint density at radius 3 is 2.65 bits per heavy atom. The third kappa shape index (κ3) is 3.86. The molecule has 3 aromatic rings. The van der Waals surface area contributed by atoms with E-state index in [2.05, 4.69) is 43.1 Å². The van der Waals surface area contributed by atoms with Crippen molar-refractivity contribution in [3.8, 4) is 0 Å². The molecule has 8 nitrogen and oxygen atoms in total. The van der Waals surface area contributed by atoms with Gasteiger partial charge in [-0.1, -0.05) is 30.3 Å². The molecule has 0 spiro atoms. The minimum absolute atomic E-state index is 0.0243. The molecule has 3 rings (SSSR count). The van der Waals surface area contributed by atoms with Gasteiger partial charge in [0.25, 0.3) is 5.91 Å². The van der Waals surface area contributed by atoms with Gasteiger partial charge >= 0.3 is 0 Å². The summed E-state index contributed by atoms with van der Waals surface area (Å²) in [4.78, 5) is 20.6. The SMILES string of the molecule is CNCC(c1ccccc1)n1cc(NC(=O)c2nccnc2NC)cn1. The van der Waals surface area contributed by atoms with Crippen molar-refractivity contribution in [2.24, 2.45) is 0 Å². The van der Waals surface area contributed by atoms with E-state index in [4.69, 9.17) is 0 Å². The monoisotopic (exact) mass is 351 g/mol. The molecule has 8 heteroatoms. The van der Waals surface area contributed by atoms with Gasteiger partial charge in [0, 0.05) is 32.2 Å². The molecule has 1 unspecified atom stereocenters. The Kier molecular flexibility index (Phi) is 5.55. The Morgan fingerprint density at radius 2 is 1.92 bits per heavy atom. The first-order valence-electron chi connectivity index (χ1n) is 8.26. The number of nitrogens with one attached hydrogen (secondary N) is 3. The van der Waals surface area contributed by atoms with Crippen molar-refractivity contribution in [3.63, 3.8) is 0 Å². The van der Waals surface area contributed by atoms with E-state index in [9.17, 15) is 4.79 Å². The predicted octanol–water partition coefficient (Wildman–Crippen LogP) is 1.78. The van der Waals surface area contributed by atoms with E-state index < -0.39 is 0 Å². The lowest BCUT2D eigenvalue weighted by atomic mass is 10.1. The third-order valence-electron chi connectivity index (χ3n) is 3.91. The predicted molar refractivity (Wildman–Crippen MR) is 100 cm³/mol. The average Bonchev–Trinajstić information content (AvgIpc) is 3.14. The molecule has 0 aliphatic rings. The summed E-state index contributed by atoms with van der Waals surface area (Å²) in [5.74, 6) is 0.0848. The number of hydrogen-bond donors (Lipinski definition) is 3. The van der Waals surface area contributed by atoms with Gasteiger partial charge in [-0.2, -0.15) is 5.10 Å². The van der Waals surface area contributed by atoms with Crippen LogP contribution in [0.25, 0.3) is 0 Å². The number of carbonyl (C=O) groups excluding carboxylic acids is 1. The summed E-state index contributed by atoms with van der Waals surface area (Å²) in [6, 6.07) is 10.1. The Labute approximate surface area is 151 Å². The highest BCUT2D eigenvalue weighted by Crippen LogP contribution is 2.19. The van der Waals surface area contributed by atoms with Crippen LogP contribution in [0.4, 0.5) is 11.5 Å². The zero-order chi connectivity index (χ0) is 18.4. The van der Waals surface area contributed by atoms with E-state index in [1.165, 1.54) is 12.4 Å². The number of carbonyl (C=O) groups is 1. The van der Waals surface area contributed by atoms with E-state index in [0.29, 0.717) is 18.1 Å². The standard InChI is InChI=1S/C18H21N7O/c1-19-11-15(13-6-4-3-5-7-13)25-12-14(10-23-25)24-18(26)16-17(20-2)22-9-8-21-16/h3-10,12,15,19H,11H2,1-2H3,(H,20,22)(H,24,26). The van der Waals surface area contributed by atoms with Gasteiger partial charge in [-0.15, -0.1) is 0 Å². The minimum Gasteiger partial charge on any atom is -0.371 e. The molecule has 26 heavy (non-hydrogen) atoms. The molecule has 2 aromatic heterocycles. The smallest absolute Gasteiger partial charge is 0.278 e. The second-order valence-electron chi connectivity index (χ2n) is 5.65. The summed E-state index contributed by atoms with van der Waals surface area (Å²) in [5, 5.41) is 13.3. The lowest BCUT2D eigenvalue weighted by Gasteiger charge is -2.17. The van der Waals surface area contributed by atoms with Crippen LogP contribution in [0.1, 0.15) is 22.1 Å². The van der Waals surface area contributed by atoms with Crippen LogP contribution >= 0.6 is 0 Å². The molecule has 0 saturated heterocycles. The lowest BCUT2D eigenvalue weighted by Crippen LogP contribution is -2.23. The number of aromatic nitrogens is 4. The quantitative estimate of drug-likeness (QED) is 0.600. The summed E-state index contributed by atoms with van der Waals surface area (Å²) in [6.45, 7) is 0.715. The summed E-state index contributed by atoms with van der Waals surface area (Å²) in [5.41, 5.74) is 1.96. The fourth-order valence-corrected chi connectivity index (χ4v) is 2.68.